The highest BCUT2D eigenvalue weighted by molar-refractivity contribution is 6.29. The van der Waals surface area contributed by atoms with E-state index in [2.05, 4.69) is 9.97 Å². The van der Waals surface area contributed by atoms with Crippen LogP contribution in [0.25, 0.3) is 0 Å². The summed E-state index contributed by atoms with van der Waals surface area (Å²) in [6.45, 7) is 0. The zero-order chi connectivity index (χ0) is 15.1. The molecule has 0 saturated carbocycles. The van der Waals surface area contributed by atoms with Crippen LogP contribution >= 0.6 is 11.6 Å². The van der Waals surface area contributed by atoms with Crippen molar-refractivity contribution >= 4 is 17.4 Å². The second-order valence-electron chi connectivity index (χ2n) is 3.53. The molecule has 3 nitrogen and oxygen atoms in total. The lowest BCUT2D eigenvalue weighted by Crippen LogP contribution is -1.91. The fourth-order valence-corrected chi connectivity index (χ4v) is 1.34. The van der Waals surface area contributed by atoms with Crippen LogP contribution in [0.5, 0.6) is 0 Å². The number of hydrogen-bond acceptors (Lipinski definition) is 3. The van der Waals surface area contributed by atoms with Crippen LogP contribution in [0.4, 0.5) is 23.4 Å². The number of nitrogens with two attached hydrogens (primary N) is 1. The third kappa shape index (κ3) is 5.40. The van der Waals surface area contributed by atoms with Crippen LogP contribution in [0.3, 0.4) is 0 Å². The Morgan fingerprint density at radius 3 is 1.75 bits per heavy atom. The molecule has 2 rings (SSSR count). The summed E-state index contributed by atoms with van der Waals surface area (Å²) < 4.78 is 47.4. The van der Waals surface area contributed by atoms with E-state index in [4.69, 9.17) is 17.3 Å². The molecule has 0 aliphatic carbocycles. The van der Waals surface area contributed by atoms with Gasteiger partial charge in [0.25, 0.3) is 12.9 Å². The Balaban J connectivity index is 0.000000200. The van der Waals surface area contributed by atoms with Crippen LogP contribution in [0.2, 0.25) is 5.15 Å². The van der Waals surface area contributed by atoms with Crippen molar-refractivity contribution in [3.05, 3.63) is 52.9 Å². The highest BCUT2D eigenvalue weighted by Crippen LogP contribution is 2.19. The molecule has 2 N–H and O–H groups in total. The van der Waals surface area contributed by atoms with Crippen LogP contribution in [0, 0.1) is 0 Å². The Kier molecular flexibility index (Phi) is 6.17. The second-order valence-corrected chi connectivity index (χ2v) is 3.91. The Hall–Kier alpha value is -1.89. The molecular weight excluding hydrogens is 298 g/mol. The largest absolute Gasteiger partial charge is 0.384 e. The molecule has 20 heavy (non-hydrogen) atoms. The smallest absolute Gasteiger partial charge is 0.264 e. The minimum Gasteiger partial charge on any atom is -0.384 e. The lowest BCUT2D eigenvalue weighted by atomic mass is 10.3. The standard InChI is InChI=1S/C6H4ClF2N.C6H6F2N2/c7-5-3-4(6(8)9)1-2-10-5;7-6(8)4-1-2-10-5(9)3-4/h1-3,6H;1-3,6H,(H2,9,10). The third-order valence-corrected chi connectivity index (χ3v) is 2.27. The average molecular weight is 308 g/mol. The Bertz CT molecular complexity index is 502. The fourth-order valence-electron chi connectivity index (χ4n) is 1.15. The van der Waals surface area contributed by atoms with E-state index in [1.54, 1.807) is 0 Å². The average Bonchev–Trinajstić information content (AvgIpc) is 2.39. The molecule has 0 aliphatic heterocycles. The van der Waals surface area contributed by atoms with Gasteiger partial charge in [-0.25, -0.2) is 27.5 Å². The summed E-state index contributed by atoms with van der Waals surface area (Å²) in [5.74, 6) is 0.123. The number of pyridine rings is 2. The highest BCUT2D eigenvalue weighted by atomic mass is 35.5. The summed E-state index contributed by atoms with van der Waals surface area (Å²) in [5.41, 5.74) is 4.96. The first-order valence-electron chi connectivity index (χ1n) is 5.29. The van der Waals surface area contributed by atoms with Gasteiger partial charge < -0.3 is 5.73 Å². The summed E-state index contributed by atoms with van der Waals surface area (Å²) in [6.07, 6.45) is -2.42. The van der Waals surface area contributed by atoms with E-state index in [0.717, 1.165) is 12.1 Å². The van der Waals surface area contributed by atoms with Gasteiger partial charge in [0, 0.05) is 23.5 Å². The highest BCUT2D eigenvalue weighted by Gasteiger charge is 2.06. The molecule has 0 radical (unpaired) electrons. The van der Waals surface area contributed by atoms with E-state index in [1.807, 2.05) is 0 Å². The zero-order valence-corrected chi connectivity index (χ0v) is 10.7. The van der Waals surface area contributed by atoms with Gasteiger partial charge in [0.15, 0.2) is 0 Å². The molecule has 0 amide bonds. The molecule has 2 aromatic heterocycles. The van der Waals surface area contributed by atoms with Crippen molar-refractivity contribution in [1.29, 1.82) is 0 Å². The van der Waals surface area contributed by atoms with Crippen LogP contribution in [0.1, 0.15) is 24.0 Å². The second kappa shape index (κ2) is 7.64. The van der Waals surface area contributed by atoms with E-state index in [0.29, 0.717) is 0 Å². The van der Waals surface area contributed by atoms with Crippen LogP contribution < -0.4 is 5.73 Å². The van der Waals surface area contributed by atoms with Gasteiger partial charge in [-0.3, -0.25) is 0 Å². The van der Waals surface area contributed by atoms with E-state index in [9.17, 15) is 17.6 Å². The van der Waals surface area contributed by atoms with Gasteiger partial charge in [0.2, 0.25) is 0 Å². The molecule has 0 bridgehead atoms. The van der Waals surface area contributed by atoms with Gasteiger partial charge in [0.05, 0.1) is 0 Å². The van der Waals surface area contributed by atoms with Crippen molar-refractivity contribution in [2.75, 3.05) is 5.73 Å². The molecule has 2 aromatic rings. The summed E-state index contributed by atoms with van der Waals surface area (Å²) in [6, 6.07) is 4.77. The van der Waals surface area contributed by atoms with Crippen LogP contribution in [-0.2, 0) is 0 Å². The molecular formula is C12H10ClF4N3. The van der Waals surface area contributed by atoms with E-state index < -0.39 is 12.9 Å². The van der Waals surface area contributed by atoms with Crippen molar-refractivity contribution in [3.63, 3.8) is 0 Å². The van der Waals surface area contributed by atoms with Gasteiger partial charge in [-0.15, -0.1) is 0 Å². The minimum atomic E-state index is -2.47. The fraction of sp³-hybridized carbons (Fsp3) is 0.167. The monoisotopic (exact) mass is 307 g/mol. The first-order chi connectivity index (χ1) is 9.40. The molecule has 0 spiro atoms. The summed E-state index contributed by atoms with van der Waals surface area (Å²) >= 11 is 5.34. The molecule has 0 aromatic carbocycles. The quantitative estimate of drug-likeness (QED) is 0.665. The molecule has 108 valence electrons. The van der Waals surface area contributed by atoms with Crippen molar-refractivity contribution in [2.24, 2.45) is 0 Å². The van der Waals surface area contributed by atoms with Crippen molar-refractivity contribution < 1.29 is 17.6 Å². The van der Waals surface area contributed by atoms with E-state index in [1.165, 1.54) is 24.5 Å². The van der Waals surface area contributed by atoms with Gasteiger partial charge >= 0.3 is 0 Å². The number of nitrogens with zero attached hydrogens (tertiary/aromatic N) is 2. The predicted molar refractivity (Wildman–Crippen MR) is 67.8 cm³/mol. The van der Waals surface area contributed by atoms with Crippen molar-refractivity contribution in [3.8, 4) is 0 Å². The SMILES string of the molecule is FC(F)c1ccnc(Cl)c1.Nc1cc(C(F)F)ccn1. The first kappa shape index (κ1) is 16.2. The lowest BCUT2D eigenvalue weighted by molar-refractivity contribution is 0.151. The third-order valence-electron chi connectivity index (χ3n) is 2.06. The summed E-state index contributed by atoms with van der Waals surface area (Å²) in [4.78, 5) is 7.12. The maximum Gasteiger partial charge on any atom is 0.264 e. The van der Waals surface area contributed by atoms with E-state index in [-0.39, 0.29) is 22.1 Å². The molecule has 2 heterocycles. The molecule has 0 fully saturated rings. The van der Waals surface area contributed by atoms with Gasteiger partial charge in [0.1, 0.15) is 11.0 Å². The van der Waals surface area contributed by atoms with Crippen LogP contribution in [-0.4, -0.2) is 9.97 Å². The number of rotatable bonds is 2. The Morgan fingerprint density at radius 1 is 0.900 bits per heavy atom. The van der Waals surface area contributed by atoms with Crippen LogP contribution in [0.15, 0.2) is 36.7 Å². The number of nitrogen functional groups attached to an aromatic ring is 1. The maximum absolute atomic E-state index is 11.9. The maximum atomic E-state index is 11.9. The van der Waals surface area contributed by atoms with Gasteiger partial charge in [-0.05, 0) is 24.3 Å². The Labute approximate surface area is 117 Å². The topological polar surface area (TPSA) is 51.8 Å². The molecule has 0 aliphatic rings. The zero-order valence-electron chi connectivity index (χ0n) is 9.98. The first-order valence-corrected chi connectivity index (χ1v) is 5.67. The van der Waals surface area contributed by atoms with Gasteiger partial charge in [-0.1, -0.05) is 11.6 Å². The molecule has 0 atom stereocenters. The normalized spacial score (nSPS) is 10.3. The molecule has 0 unspecified atom stereocenters. The molecule has 0 saturated heterocycles. The Morgan fingerprint density at radius 2 is 1.40 bits per heavy atom. The molecule has 8 heteroatoms. The predicted octanol–water partition coefficient (Wildman–Crippen LogP) is 4.27. The number of aromatic nitrogens is 2. The number of alkyl halides is 4. The number of anilines is 1. The summed E-state index contributed by atoms with van der Waals surface area (Å²) in [7, 11) is 0. The minimum absolute atomic E-state index is 0.0903. The summed E-state index contributed by atoms with van der Waals surface area (Å²) in [5, 5.41) is 0.0952. The number of hydrogen-bond donors (Lipinski definition) is 1. The van der Waals surface area contributed by atoms with Gasteiger partial charge in [-0.2, -0.15) is 0 Å². The number of halogens is 5. The van der Waals surface area contributed by atoms with E-state index >= 15 is 0 Å². The van der Waals surface area contributed by atoms with Crippen molar-refractivity contribution in [1.82, 2.24) is 9.97 Å². The lowest BCUT2D eigenvalue weighted by Gasteiger charge is -1.97. The van der Waals surface area contributed by atoms with Crippen molar-refractivity contribution in [2.45, 2.75) is 12.9 Å².